The first-order valence-corrected chi connectivity index (χ1v) is 8.40. The minimum Gasteiger partial charge on any atom is -0.480 e. The maximum atomic E-state index is 11.7. The Hall–Kier alpha value is -3.00. The van der Waals surface area contributed by atoms with Gasteiger partial charge in [0.25, 0.3) is 0 Å². The van der Waals surface area contributed by atoms with Crippen LogP contribution in [0.15, 0.2) is 36.4 Å². The number of nitrogens with one attached hydrogen (secondary N) is 2. The molecule has 0 aliphatic carbocycles. The summed E-state index contributed by atoms with van der Waals surface area (Å²) >= 11 is 1.56. The number of thiophene rings is 1. The number of anilines is 1. The Bertz CT molecular complexity index is 924. The third kappa shape index (κ3) is 4.10. The SMILES string of the molecule is Cc1nc(NCC(=O)NCC(=O)O)c2cc(-c3ccccc3)sc2n1. The van der Waals surface area contributed by atoms with Crippen LogP contribution in [0, 0.1) is 6.92 Å². The molecule has 2 heterocycles. The van der Waals surface area contributed by atoms with Crippen molar-refractivity contribution in [3.05, 3.63) is 42.2 Å². The van der Waals surface area contributed by atoms with Crippen LogP contribution in [0.3, 0.4) is 0 Å². The van der Waals surface area contributed by atoms with Crippen LogP contribution >= 0.6 is 11.3 Å². The highest BCUT2D eigenvalue weighted by Gasteiger charge is 2.12. The van der Waals surface area contributed by atoms with E-state index in [1.54, 1.807) is 18.3 Å². The van der Waals surface area contributed by atoms with E-state index in [1.807, 2.05) is 36.4 Å². The van der Waals surface area contributed by atoms with Crippen LogP contribution in [0.1, 0.15) is 5.82 Å². The number of amides is 1. The lowest BCUT2D eigenvalue weighted by Crippen LogP contribution is -2.34. The molecule has 0 aliphatic heterocycles. The van der Waals surface area contributed by atoms with E-state index in [1.165, 1.54) is 0 Å². The molecular weight excluding hydrogens is 340 g/mol. The number of fused-ring (bicyclic) bond motifs is 1. The molecular formula is C17H16N4O3S. The number of carboxylic acid groups (broad SMARTS) is 1. The lowest BCUT2D eigenvalue weighted by molar-refractivity contribution is -0.137. The van der Waals surface area contributed by atoms with E-state index in [0.717, 1.165) is 20.7 Å². The van der Waals surface area contributed by atoms with Crippen molar-refractivity contribution >= 4 is 39.2 Å². The monoisotopic (exact) mass is 356 g/mol. The number of hydrogen-bond acceptors (Lipinski definition) is 6. The third-order valence-electron chi connectivity index (χ3n) is 3.42. The molecule has 2 aromatic heterocycles. The van der Waals surface area contributed by atoms with E-state index in [9.17, 15) is 9.59 Å². The molecule has 0 aliphatic rings. The molecule has 25 heavy (non-hydrogen) atoms. The summed E-state index contributed by atoms with van der Waals surface area (Å²) in [5.74, 6) is -0.335. The molecule has 3 aromatic rings. The Kier molecular flexibility index (Phi) is 4.90. The highest BCUT2D eigenvalue weighted by Crippen LogP contribution is 2.35. The molecule has 0 spiro atoms. The largest absolute Gasteiger partial charge is 0.480 e. The van der Waals surface area contributed by atoms with Gasteiger partial charge in [0, 0.05) is 4.88 Å². The summed E-state index contributed by atoms with van der Waals surface area (Å²) in [7, 11) is 0. The fourth-order valence-corrected chi connectivity index (χ4v) is 3.39. The summed E-state index contributed by atoms with van der Waals surface area (Å²) in [5, 5.41) is 14.7. The van der Waals surface area contributed by atoms with Crippen LogP contribution in [0.2, 0.25) is 0 Å². The van der Waals surface area contributed by atoms with Crippen molar-refractivity contribution < 1.29 is 14.7 Å². The van der Waals surface area contributed by atoms with Gasteiger partial charge in [-0.1, -0.05) is 30.3 Å². The molecule has 0 saturated carbocycles. The van der Waals surface area contributed by atoms with Crippen molar-refractivity contribution in [1.82, 2.24) is 15.3 Å². The lowest BCUT2D eigenvalue weighted by Gasteiger charge is -2.07. The van der Waals surface area contributed by atoms with E-state index in [4.69, 9.17) is 5.11 Å². The van der Waals surface area contributed by atoms with Crippen molar-refractivity contribution in [2.45, 2.75) is 6.92 Å². The normalized spacial score (nSPS) is 10.6. The second-order valence-corrected chi connectivity index (χ2v) is 6.37. The van der Waals surface area contributed by atoms with Crippen LogP contribution in [0.25, 0.3) is 20.7 Å². The van der Waals surface area contributed by atoms with E-state index < -0.39 is 18.4 Å². The molecule has 1 aromatic carbocycles. The molecule has 128 valence electrons. The van der Waals surface area contributed by atoms with Gasteiger partial charge in [0.2, 0.25) is 5.91 Å². The molecule has 3 rings (SSSR count). The number of benzene rings is 1. The molecule has 1 amide bonds. The average molecular weight is 356 g/mol. The van der Waals surface area contributed by atoms with Gasteiger partial charge in [-0.3, -0.25) is 9.59 Å². The number of carbonyl (C=O) groups is 2. The van der Waals surface area contributed by atoms with Crippen LogP contribution in [-0.2, 0) is 9.59 Å². The molecule has 0 fully saturated rings. The van der Waals surface area contributed by atoms with Crippen LogP contribution < -0.4 is 10.6 Å². The number of aliphatic carboxylic acids is 1. The van der Waals surface area contributed by atoms with E-state index >= 15 is 0 Å². The Morgan fingerprint density at radius 3 is 2.64 bits per heavy atom. The number of carbonyl (C=O) groups excluding carboxylic acids is 1. The van der Waals surface area contributed by atoms with Crippen molar-refractivity contribution in [2.75, 3.05) is 18.4 Å². The molecule has 3 N–H and O–H groups in total. The maximum absolute atomic E-state index is 11.7. The molecule has 0 unspecified atom stereocenters. The zero-order chi connectivity index (χ0) is 17.8. The summed E-state index contributed by atoms with van der Waals surface area (Å²) in [4.78, 5) is 32.9. The second kappa shape index (κ2) is 7.27. The summed E-state index contributed by atoms with van der Waals surface area (Å²) < 4.78 is 0. The highest BCUT2D eigenvalue weighted by atomic mass is 32.1. The number of nitrogens with zero attached hydrogens (tertiary/aromatic N) is 2. The molecule has 0 saturated heterocycles. The highest BCUT2D eigenvalue weighted by molar-refractivity contribution is 7.21. The standard InChI is InChI=1S/C17H16N4O3S/c1-10-20-16(19-8-14(22)18-9-15(23)24)12-7-13(25-17(12)21-10)11-5-3-2-4-6-11/h2-7H,8-9H2,1H3,(H,18,22)(H,23,24)(H,19,20,21). The average Bonchev–Trinajstić information content (AvgIpc) is 3.02. The minimum atomic E-state index is -1.08. The first-order valence-electron chi connectivity index (χ1n) is 7.59. The fraction of sp³-hybridized carbons (Fsp3) is 0.176. The number of carboxylic acids is 1. The number of aryl methyl sites for hydroxylation is 1. The summed E-state index contributed by atoms with van der Waals surface area (Å²) in [6, 6.07) is 12.0. The predicted molar refractivity (Wildman–Crippen MR) is 96.7 cm³/mol. The Balaban J connectivity index is 1.84. The summed E-state index contributed by atoms with van der Waals surface area (Å²) in [6.45, 7) is 1.32. The van der Waals surface area contributed by atoms with E-state index in [2.05, 4.69) is 20.6 Å². The topological polar surface area (TPSA) is 104 Å². The van der Waals surface area contributed by atoms with Crippen molar-refractivity contribution in [3.8, 4) is 10.4 Å². The molecule has 0 radical (unpaired) electrons. The van der Waals surface area contributed by atoms with Gasteiger partial charge in [0.15, 0.2) is 0 Å². The number of aromatic nitrogens is 2. The van der Waals surface area contributed by atoms with Gasteiger partial charge in [-0.15, -0.1) is 11.3 Å². The minimum absolute atomic E-state index is 0.0602. The second-order valence-electron chi connectivity index (χ2n) is 5.34. The fourth-order valence-electron chi connectivity index (χ4n) is 2.31. The Labute approximate surface area is 147 Å². The van der Waals surface area contributed by atoms with Crippen molar-refractivity contribution in [3.63, 3.8) is 0 Å². The quantitative estimate of drug-likeness (QED) is 0.626. The number of hydrogen-bond donors (Lipinski definition) is 3. The Morgan fingerprint density at radius 1 is 1.16 bits per heavy atom. The Morgan fingerprint density at radius 2 is 1.92 bits per heavy atom. The van der Waals surface area contributed by atoms with Gasteiger partial charge in [-0.25, -0.2) is 9.97 Å². The maximum Gasteiger partial charge on any atom is 0.322 e. The molecule has 7 nitrogen and oxygen atoms in total. The van der Waals surface area contributed by atoms with E-state index in [-0.39, 0.29) is 6.54 Å². The first-order chi connectivity index (χ1) is 12.0. The lowest BCUT2D eigenvalue weighted by atomic mass is 10.2. The zero-order valence-electron chi connectivity index (χ0n) is 13.4. The molecule has 8 heteroatoms. The van der Waals surface area contributed by atoms with Crippen LogP contribution in [0.4, 0.5) is 5.82 Å². The van der Waals surface area contributed by atoms with Gasteiger partial charge in [0.1, 0.15) is 23.0 Å². The number of rotatable bonds is 6. The van der Waals surface area contributed by atoms with Gasteiger partial charge < -0.3 is 15.7 Å². The van der Waals surface area contributed by atoms with Crippen LogP contribution in [-0.4, -0.2) is 40.0 Å². The first kappa shape index (κ1) is 16.8. The summed E-state index contributed by atoms with van der Waals surface area (Å²) in [5.41, 5.74) is 1.09. The van der Waals surface area contributed by atoms with E-state index in [0.29, 0.717) is 11.6 Å². The van der Waals surface area contributed by atoms with Crippen LogP contribution in [0.5, 0.6) is 0 Å². The van der Waals surface area contributed by atoms with Gasteiger partial charge in [0.05, 0.1) is 11.9 Å². The molecule has 0 atom stereocenters. The van der Waals surface area contributed by atoms with Crippen molar-refractivity contribution in [1.29, 1.82) is 0 Å². The van der Waals surface area contributed by atoms with Gasteiger partial charge in [-0.2, -0.15) is 0 Å². The smallest absolute Gasteiger partial charge is 0.322 e. The van der Waals surface area contributed by atoms with Gasteiger partial charge >= 0.3 is 5.97 Å². The summed E-state index contributed by atoms with van der Waals surface area (Å²) in [6.07, 6.45) is 0. The zero-order valence-corrected chi connectivity index (χ0v) is 14.3. The van der Waals surface area contributed by atoms with Gasteiger partial charge in [-0.05, 0) is 18.6 Å². The predicted octanol–water partition coefficient (Wildman–Crippen LogP) is 2.28. The van der Waals surface area contributed by atoms with Crippen molar-refractivity contribution in [2.24, 2.45) is 0 Å². The third-order valence-corrected chi connectivity index (χ3v) is 4.49. The molecule has 0 bridgehead atoms.